The SMILES string of the molecule is CC(C)c1nc(C(=O)NC#N)n[nH]1. The van der Waals surface area contributed by atoms with E-state index in [1.54, 1.807) is 0 Å². The first-order chi connectivity index (χ1) is 6.15. The first-order valence-corrected chi connectivity index (χ1v) is 3.77. The highest BCUT2D eigenvalue weighted by Crippen LogP contribution is 2.06. The molecule has 1 amide bonds. The fourth-order valence-corrected chi connectivity index (χ4v) is 0.741. The van der Waals surface area contributed by atoms with Gasteiger partial charge >= 0.3 is 5.91 Å². The Labute approximate surface area is 75.0 Å². The molecule has 0 saturated carbocycles. The van der Waals surface area contributed by atoms with Crippen molar-refractivity contribution in [3.05, 3.63) is 11.6 Å². The van der Waals surface area contributed by atoms with Gasteiger partial charge in [0.1, 0.15) is 5.82 Å². The normalized spacial score (nSPS) is 9.69. The van der Waals surface area contributed by atoms with Crippen molar-refractivity contribution in [3.63, 3.8) is 0 Å². The van der Waals surface area contributed by atoms with Crippen LogP contribution in [0, 0.1) is 11.5 Å². The number of carbonyl (C=O) groups excluding carboxylic acids is 1. The summed E-state index contributed by atoms with van der Waals surface area (Å²) in [5.74, 6) is 0.204. The van der Waals surface area contributed by atoms with Gasteiger partial charge in [-0.05, 0) is 0 Å². The summed E-state index contributed by atoms with van der Waals surface area (Å²) in [6.07, 6.45) is 1.51. The molecule has 6 heteroatoms. The summed E-state index contributed by atoms with van der Waals surface area (Å²) < 4.78 is 0. The Kier molecular flexibility index (Phi) is 2.59. The second kappa shape index (κ2) is 3.67. The highest BCUT2D eigenvalue weighted by molar-refractivity contribution is 5.91. The summed E-state index contributed by atoms with van der Waals surface area (Å²) in [6, 6.07) is 0. The van der Waals surface area contributed by atoms with E-state index in [2.05, 4.69) is 15.2 Å². The fourth-order valence-electron chi connectivity index (χ4n) is 0.741. The number of aromatic amines is 1. The maximum Gasteiger partial charge on any atom is 0.303 e. The molecule has 6 nitrogen and oxygen atoms in total. The van der Waals surface area contributed by atoms with Gasteiger partial charge in [-0.25, -0.2) is 4.98 Å². The highest BCUT2D eigenvalue weighted by Gasteiger charge is 2.12. The standard InChI is InChI=1S/C7H9N5O/c1-4(2)5-10-6(12-11-5)7(13)9-3-8/h4H,1-2H3,(H,9,13)(H,10,11,12). The molecule has 0 radical (unpaired) electrons. The van der Waals surface area contributed by atoms with Crippen molar-refractivity contribution >= 4 is 5.91 Å². The van der Waals surface area contributed by atoms with E-state index in [1.165, 1.54) is 6.19 Å². The van der Waals surface area contributed by atoms with E-state index in [1.807, 2.05) is 19.2 Å². The van der Waals surface area contributed by atoms with Gasteiger partial charge in [0, 0.05) is 5.92 Å². The van der Waals surface area contributed by atoms with E-state index >= 15 is 0 Å². The van der Waals surface area contributed by atoms with Crippen LogP contribution >= 0.6 is 0 Å². The lowest BCUT2D eigenvalue weighted by Gasteiger charge is -1.94. The van der Waals surface area contributed by atoms with Crippen molar-refractivity contribution in [2.45, 2.75) is 19.8 Å². The van der Waals surface area contributed by atoms with Crippen LogP contribution in [-0.2, 0) is 0 Å². The molecule has 0 atom stereocenters. The predicted octanol–water partition coefficient (Wildman–Crippen LogP) is 0.139. The molecule has 1 heterocycles. The number of rotatable bonds is 2. The molecule has 2 N–H and O–H groups in total. The zero-order valence-electron chi connectivity index (χ0n) is 7.33. The zero-order valence-corrected chi connectivity index (χ0v) is 7.33. The third-order valence-electron chi connectivity index (χ3n) is 1.42. The number of nitrogens with zero attached hydrogens (tertiary/aromatic N) is 3. The maximum atomic E-state index is 11.0. The first kappa shape index (κ1) is 9.19. The summed E-state index contributed by atoms with van der Waals surface area (Å²) in [7, 11) is 0. The van der Waals surface area contributed by atoms with Crippen molar-refractivity contribution in [2.75, 3.05) is 0 Å². The molecule has 1 rings (SSSR count). The number of hydrogen-bond acceptors (Lipinski definition) is 4. The fraction of sp³-hybridized carbons (Fsp3) is 0.429. The van der Waals surface area contributed by atoms with Crippen LogP contribution in [0.2, 0.25) is 0 Å². The Morgan fingerprint density at radius 2 is 2.38 bits per heavy atom. The topological polar surface area (TPSA) is 94.5 Å². The molecule has 68 valence electrons. The summed E-state index contributed by atoms with van der Waals surface area (Å²) in [5.41, 5.74) is 0. The Bertz CT molecular complexity index is 348. The van der Waals surface area contributed by atoms with E-state index in [9.17, 15) is 4.79 Å². The Morgan fingerprint density at radius 1 is 1.69 bits per heavy atom. The van der Waals surface area contributed by atoms with Crippen LogP contribution in [0.5, 0.6) is 0 Å². The van der Waals surface area contributed by atoms with Crippen LogP contribution in [0.3, 0.4) is 0 Å². The average Bonchev–Trinajstić information content (AvgIpc) is 2.52. The van der Waals surface area contributed by atoms with Crippen molar-refractivity contribution in [2.24, 2.45) is 0 Å². The van der Waals surface area contributed by atoms with Crippen molar-refractivity contribution in [1.29, 1.82) is 5.26 Å². The second-order valence-corrected chi connectivity index (χ2v) is 2.76. The molecule has 0 aliphatic heterocycles. The van der Waals surface area contributed by atoms with Crippen LogP contribution in [-0.4, -0.2) is 21.1 Å². The van der Waals surface area contributed by atoms with E-state index < -0.39 is 5.91 Å². The molecular weight excluding hydrogens is 170 g/mol. The Morgan fingerprint density at radius 3 is 2.85 bits per heavy atom. The van der Waals surface area contributed by atoms with Crippen molar-refractivity contribution < 1.29 is 4.79 Å². The van der Waals surface area contributed by atoms with Gasteiger partial charge in [0.25, 0.3) is 0 Å². The molecule has 0 spiro atoms. The molecule has 0 unspecified atom stereocenters. The quantitative estimate of drug-likeness (QED) is 0.498. The summed E-state index contributed by atoms with van der Waals surface area (Å²) in [4.78, 5) is 14.9. The average molecular weight is 179 g/mol. The highest BCUT2D eigenvalue weighted by atomic mass is 16.2. The molecule has 0 aromatic carbocycles. The van der Waals surface area contributed by atoms with Crippen molar-refractivity contribution in [3.8, 4) is 6.19 Å². The Hall–Kier alpha value is -1.90. The predicted molar refractivity (Wildman–Crippen MR) is 43.6 cm³/mol. The van der Waals surface area contributed by atoms with Gasteiger partial charge in [0.05, 0.1) is 0 Å². The maximum absolute atomic E-state index is 11.0. The zero-order chi connectivity index (χ0) is 9.84. The molecule has 13 heavy (non-hydrogen) atoms. The lowest BCUT2D eigenvalue weighted by atomic mass is 10.2. The number of nitrogens with one attached hydrogen (secondary N) is 2. The number of aromatic nitrogens is 3. The minimum Gasteiger partial charge on any atom is -0.264 e. The minimum absolute atomic E-state index is 0.00903. The number of nitriles is 1. The lowest BCUT2D eigenvalue weighted by molar-refractivity contribution is 0.0963. The van der Waals surface area contributed by atoms with Gasteiger partial charge in [-0.3, -0.25) is 15.2 Å². The minimum atomic E-state index is -0.592. The second-order valence-electron chi connectivity index (χ2n) is 2.76. The molecule has 1 aromatic rings. The molecular formula is C7H9N5O. The van der Waals surface area contributed by atoms with Gasteiger partial charge in [-0.1, -0.05) is 13.8 Å². The monoisotopic (exact) mass is 179 g/mol. The van der Waals surface area contributed by atoms with Gasteiger partial charge in [0.2, 0.25) is 5.82 Å². The van der Waals surface area contributed by atoms with Gasteiger partial charge in [-0.2, -0.15) is 5.26 Å². The third kappa shape index (κ3) is 2.02. The smallest absolute Gasteiger partial charge is 0.264 e. The summed E-state index contributed by atoms with van der Waals surface area (Å²) >= 11 is 0. The molecule has 0 aliphatic carbocycles. The summed E-state index contributed by atoms with van der Waals surface area (Å²) in [5, 5.41) is 16.4. The largest absolute Gasteiger partial charge is 0.303 e. The van der Waals surface area contributed by atoms with Gasteiger partial charge < -0.3 is 0 Å². The number of carbonyl (C=O) groups is 1. The molecule has 0 saturated heterocycles. The van der Waals surface area contributed by atoms with Gasteiger partial charge in [-0.15, -0.1) is 5.10 Å². The van der Waals surface area contributed by atoms with Crippen LogP contribution in [0.25, 0.3) is 0 Å². The van der Waals surface area contributed by atoms with E-state index in [4.69, 9.17) is 5.26 Å². The number of hydrogen-bond donors (Lipinski definition) is 2. The number of H-pyrrole nitrogens is 1. The van der Waals surface area contributed by atoms with Crippen LogP contribution < -0.4 is 5.32 Å². The lowest BCUT2D eigenvalue weighted by Crippen LogP contribution is -2.18. The Balaban J connectivity index is 2.81. The molecule has 0 fully saturated rings. The van der Waals surface area contributed by atoms with E-state index in [0.29, 0.717) is 5.82 Å². The summed E-state index contributed by atoms with van der Waals surface area (Å²) in [6.45, 7) is 3.85. The third-order valence-corrected chi connectivity index (χ3v) is 1.42. The molecule has 1 aromatic heterocycles. The van der Waals surface area contributed by atoms with Crippen LogP contribution in [0.4, 0.5) is 0 Å². The first-order valence-electron chi connectivity index (χ1n) is 3.77. The van der Waals surface area contributed by atoms with Crippen molar-refractivity contribution in [1.82, 2.24) is 20.5 Å². The van der Waals surface area contributed by atoms with E-state index in [-0.39, 0.29) is 11.7 Å². The molecule has 0 bridgehead atoms. The van der Waals surface area contributed by atoms with E-state index in [0.717, 1.165) is 0 Å². The molecule has 0 aliphatic rings. The van der Waals surface area contributed by atoms with Gasteiger partial charge in [0.15, 0.2) is 6.19 Å². The van der Waals surface area contributed by atoms with Crippen LogP contribution in [0.15, 0.2) is 0 Å². The number of amides is 1. The van der Waals surface area contributed by atoms with Crippen LogP contribution in [0.1, 0.15) is 36.2 Å².